The van der Waals surface area contributed by atoms with Crippen molar-refractivity contribution in [2.24, 2.45) is 0 Å². The molecule has 0 atom stereocenters. The molecular formula is C20H23ClF3N3O8S. The maximum Gasteiger partial charge on any atom is 0.423 e. The molecule has 0 aliphatic rings. The van der Waals surface area contributed by atoms with Crippen LogP contribution in [0.2, 0.25) is 5.02 Å². The fraction of sp³-hybridized carbons (Fsp3) is 0.400. The summed E-state index contributed by atoms with van der Waals surface area (Å²) in [7, 11) is -1.53. The largest absolute Gasteiger partial charge is 0.491 e. The number of carbonyl (C=O) groups excluding carboxylic acids is 1. The van der Waals surface area contributed by atoms with E-state index in [1.54, 1.807) is 0 Å². The standard InChI is InChI=1S/C20H23ClF3N3O8S/c1-31-6-5-27-36(29,30)35-19(28)26-11-13-3-4-15(33-8-7-32-2)10-17(13)34-18-16(21)9-14(12-25-18)20(22,23)24/h3-4,9-10,12,27H,5-8,11H2,1-2H3,(H,26,28). The molecule has 2 rings (SSSR count). The number of nitrogens with zero attached hydrogens (tertiary/aromatic N) is 1. The first kappa shape index (κ1) is 29.4. The molecule has 0 bridgehead atoms. The van der Waals surface area contributed by atoms with Crippen LogP contribution in [0.5, 0.6) is 17.4 Å². The number of hydrogen-bond donors (Lipinski definition) is 2. The summed E-state index contributed by atoms with van der Waals surface area (Å²) in [6, 6.07) is 5.03. The van der Waals surface area contributed by atoms with Gasteiger partial charge >= 0.3 is 22.6 Å². The summed E-state index contributed by atoms with van der Waals surface area (Å²) in [6.45, 7) is 0.121. The zero-order valence-electron chi connectivity index (χ0n) is 19.1. The van der Waals surface area contributed by atoms with Crippen LogP contribution in [-0.4, -0.2) is 60.1 Å². The van der Waals surface area contributed by atoms with Crippen molar-refractivity contribution in [2.45, 2.75) is 12.7 Å². The Morgan fingerprint density at radius 3 is 2.47 bits per heavy atom. The van der Waals surface area contributed by atoms with E-state index in [4.69, 9.17) is 30.5 Å². The van der Waals surface area contributed by atoms with Crippen LogP contribution in [0.1, 0.15) is 11.1 Å². The van der Waals surface area contributed by atoms with Crippen LogP contribution in [-0.2, 0) is 36.7 Å². The van der Waals surface area contributed by atoms with Crippen molar-refractivity contribution >= 4 is 28.0 Å². The van der Waals surface area contributed by atoms with Crippen LogP contribution in [0, 0.1) is 0 Å². The summed E-state index contributed by atoms with van der Waals surface area (Å²) in [5.41, 5.74) is -0.796. The van der Waals surface area contributed by atoms with Gasteiger partial charge in [-0.1, -0.05) is 11.6 Å². The normalized spacial score (nSPS) is 11.7. The van der Waals surface area contributed by atoms with E-state index in [2.05, 4.69) is 14.5 Å². The molecule has 2 N–H and O–H groups in total. The van der Waals surface area contributed by atoms with Gasteiger partial charge in [-0.25, -0.2) is 9.78 Å². The summed E-state index contributed by atoms with van der Waals surface area (Å²) < 4.78 is 89.2. The molecule has 1 aromatic heterocycles. The average Bonchev–Trinajstić information content (AvgIpc) is 2.79. The molecule has 0 saturated heterocycles. The number of amides is 1. The first-order valence-electron chi connectivity index (χ1n) is 10.1. The summed E-state index contributed by atoms with van der Waals surface area (Å²) in [5.74, 6) is -0.0192. The third kappa shape index (κ3) is 9.66. The Morgan fingerprint density at radius 2 is 1.83 bits per heavy atom. The summed E-state index contributed by atoms with van der Waals surface area (Å²) in [6.07, 6.45) is -5.40. The van der Waals surface area contributed by atoms with E-state index in [1.807, 2.05) is 4.72 Å². The third-order valence-electron chi connectivity index (χ3n) is 4.13. The van der Waals surface area contributed by atoms with Gasteiger partial charge in [-0.3, -0.25) is 0 Å². The lowest BCUT2D eigenvalue weighted by molar-refractivity contribution is -0.137. The molecule has 0 aliphatic carbocycles. The molecule has 0 spiro atoms. The average molecular weight is 558 g/mol. The minimum atomic E-state index is -4.65. The second-order valence-corrected chi connectivity index (χ2v) is 8.56. The third-order valence-corrected chi connectivity index (χ3v) is 5.33. The highest BCUT2D eigenvalue weighted by Crippen LogP contribution is 2.36. The van der Waals surface area contributed by atoms with E-state index in [1.165, 1.54) is 32.4 Å². The highest BCUT2D eigenvalue weighted by atomic mass is 35.5. The van der Waals surface area contributed by atoms with E-state index in [0.717, 1.165) is 0 Å². The fourth-order valence-corrected chi connectivity index (χ4v) is 3.32. The second-order valence-electron chi connectivity index (χ2n) is 6.79. The molecule has 1 heterocycles. The first-order valence-corrected chi connectivity index (χ1v) is 11.8. The summed E-state index contributed by atoms with van der Waals surface area (Å²) in [5, 5.41) is 1.82. The van der Waals surface area contributed by atoms with Gasteiger partial charge in [0.15, 0.2) is 0 Å². The maximum atomic E-state index is 12.9. The van der Waals surface area contributed by atoms with E-state index in [-0.39, 0.29) is 50.1 Å². The molecule has 0 aliphatic heterocycles. The predicted octanol–water partition coefficient (Wildman–Crippen LogP) is 3.28. The molecule has 1 aromatic carbocycles. The molecule has 0 fully saturated rings. The van der Waals surface area contributed by atoms with E-state index in [9.17, 15) is 26.4 Å². The lowest BCUT2D eigenvalue weighted by Gasteiger charge is -2.15. The number of hydrogen-bond acceptors (Lipinski definition) is 9. The quantitative estimate of drug-likeness (QED) is 0.356. The Balaban J connectivity index is 2.19. The molecule has 0 unspecified atom stereocenters. The van der Waals surface area contributed by atoms with Crippen molar-refractivity contribution in [3.63, 3.8) is 0 Å². The zero-order valence-corrected chi connectivity index (χ0v) is 20.6. The Hall–Kier alpha value is -2.85. The summed E-state index contributed by atoms with van der Waals surface area (Å²) >= 11 is 5.92. The van der Waals surface area contributed by atoms with Gasteiger partial charge in [-0.05, 0) is 18.2 Å². The van der Waals surface area contributed by atoms with Gasteiger partial charge < -0.3 is 28.4 Å². The monoisotopic (exact) mass is 557 g/mol. The highest BCUT2D eigenvalue weighted by molar-refractivity contribution is 7.85. The van der Waals surface area contributed by atoms with Gasteiger partial charge in [0.2, 0.25) is 5.88 Å². The van der Waals surface area contributed by atoms with Crippen LogP contribution in [0.4, 0.5) is 18.0 Å². The molecule has 0 saturated carbocycles. The lowest BCUT2D eigenvalue weighted by atomic mass is 10.2. The molecule has 2 aromatic rings. The summed E-state index contributed by atoms with van der Waals surface area (Å²) in [4.78, 5) is 15.6. The van der Waals surface area contributed by atoms with Gasteiger partial charge in [-0.15, -0.1) is 0 Å². The van der Waals surface area contributed by atoms with Crippen LogP contribution >= 0.6 is 11.6 Å². The number of pyridine rings is 1. The number of halogens is 4. The Bertz CT molecular complexity index is 1140. The minimum Gasteiger partial charge on any atom is -0.491 e. The topological polar surface area (TPSA) is 134 Å². The minimum absolute atomic E-state index is 0.0143. The van der Waals surface area contributed by atoms with Crippen molar-refractivity contribution in [3.8, 4) is 17.4 Å². The molecule has 1 amide bonds. The Morgan fingerprint density at radius 1 is 1.11 bits per heavy atom. The molecule has 0 radical (unpaired) electrons. The number of benzene rings is 1. The number of rotatable bonds is 13. The van der Waals surface area contributed by atoms with Gasteiger partial charge in [0.05, 0.1) is 18.8 Å². The lowest BCUT2D eigenvalue weighted by Crippen LogP contribution is -2.34. The van der Waals surface area contributed by atoms with Crippen LogP contribution < -0.4 is 19.5 Å². The Labute approximate surface area is 210 Å². The second kappa shape index (κ2) is 13.5. The van der Waals surface area contributed by atoms with Gasteiger partial charge in [0, 0.05) is 45.1 Å². The number of alkyl halides is 3. The van der Waals surface area contributed by atoms with Crippen LogP contribution in [0.25, 0.3) is 0 Å². The fourth-order valence-electron chi connectivity index (χ4n) is 2.46. The molecular weight excluding hydrogens is 535 g/mol. The number of ether oxygens (including phenoxy) is 4. The smallest absolute Gasteiger partial charge is 0.423 e. The van der Waals surface area contributed by atoms with Gasteiger partial charge in [-0.2, -0.15) is 26.3 Å². The molecule has 36 heavy (non-hydrogen) atoms. The highest BCUT2D eigenvalue weighted by Gasteiger charge is 2.32. The predicted molar refractivity (Wildman–Crippen MR) is 120 cm³/mol. The van der Waals surface area contributed by atoms with E-state index < -0.39 is 33.2 Å². The number of aromatic nitrogens is 1. The van der Waals surface area contributed by atoms with Gasteiger partial charge in [0.25, 0.3) is 0 Å². The van der Waals surface area contributed by atoms with Crippen molar-refractivity contribution in [3.05, 3.63) is 46.6 Å². The van der Waals surface area contributed by atoms with Gasteiger partial charge in [0.1, 0.15) is 23.1 Å². The van der Waals surface area contributed by atoms with Crippen molar-refractivity contribution in [1.82, 2.24) is 15.0 Å². The SMILES string of the molecule is COCCNS(=O)(=O)OC(=O)NCc1ccc(OCCOC)cc1Oc1ncc(C(F)(F)F)cc1Cl. The number of methoxy groups -OCH3 is 2. The van der Waals surface area contributed by atoms with Crippen LogP contribution in [0.15, 0.2) is 30.5 Å². The molecule has 200 valence electrons. The van der Waals surface area contributed by atoms with Crippen molar-refractivity contribution in [2.75, 3.05) is 40.6 Å². The molecule has 11 nitrogen and oxygen atoms in total. The van der Waals surface area contributed by atoms with Crippen molar-refractivity contribution < 1.29 is 49.5 Å². The molecule has 16 heteroatoms. The first-order chi connectivity index (χ1) is 16.9. The number of carbonyl (C=O) groups is 1. The van der Waals surface area contributed by atoms with E-state index in [0.29, 0.717) is 18.0 Å². The van der Waals surface area contributed by atoms with Crippen LogP contribution in [0.3, 0.4) is 0 Å². The Kier molecular flexibility index (Phi) is 11.0. The number of nitrogens with one attached hydrogen (secondary N) is 2. The maximum absolute atomic E-state index is 12.9. The van der Waals surface area contributed by atoms with E-state index >= 15 is 0 Å². The van der Waals surface area contributed by atoms with Crippen molar-refractivity contribution in [1.29, 1.82) is 0 Å². The zero-order chi connectivity index (χ0) is 26.8.